The number of esters is 1. The largest absolute Gasteiger partial charge is 0.493 e. The van der Waals surface area contributed by atoms with E-state index in [9.17, 15) is 9.59 Å². The van der Waals surface area contributed by atoms with Crippen LogP contribution in [0.25, 0.3) is 11.0 Å². The first-order valence-corrected chi connectivity index (χ1v) is 11.2. The fourth-order valence-corrected chi connectivity index (χ4v) is 4.30. The number of fused-ring (bicyclic) bond motifs is 3. The number of ether oxygens (including phenoxy) is 4. The van der Waals surface area contributed by atoms with E-state index in [0.29, 0.717) is 42.5 Å². The highest BCUT2D eigenvalue weighted by Gasteiger charge is 2.25. The molecule has 0 unspecified atom stereocenters. The molecule has 0 N–H and O–H groups in total. The van der Waals surface area contributed by atoms with Crippen molar-refractivity contribution >= 4 is 16.9 Å². The van der Waals surface area contributed by atoms with Gasteiger partial charge in [-0.3, -0.25) is 9.69 Å². The molecule has 0 radical (unpaired) electrons. The lowest BCUT2D eigenvalue weighted by Gasteiger charge is -2.31. The molecule has 4 rings (SSSR count). The zero-order valence-corrected chi connectivity index (χ0v) is 19.9. The van der Waals surface area contributed by atoms with Crippen LogP contribution < -0.4 is 19.8 Å². The Hall–Kier alpha value is -3.52. The molecule has 0 atom stereocenters. The molecule has 1 aliphatic rings. The van der Waals surface area contributed by atoms with E-state index >= 15 is 0 Å². The van der Waals surface area contributed by atoms with Crippen molar-refractivity contribution in [3.8, 4) is 17.2 Å². The van der Waals surface area contributed by atoms with Crippen molar-refractivity contribution in [3.63, 3.8) is 0 Å². The number of aryl methyl sites for hydroxylation is 2. The first-order valence-electron chi connectivity index (χ1n) is 11.2. The van der Waals surface area contributed by atoms with Crippen LogP contribution in [0.1, 0.15) is 28.7 Å². The van der Waals surface area contributed by atoms with Crippen LogP contribution in [-0.2, 0) is 28.9 Å². The van der Waals surface area contributed by atoms with E-state index in [2.05, 4.69) is 4.90 Å². The predicted octanol–water partition coefficient (Wildman–Crippen LogP) is 3.62. The Kier molecular flexibility index (Phi) is 7.07. The minimum absolute atomic E-state index is 0.247. The lowest BCUT2D eigenvalue weighted by molar-refractivity contribution is -0.140. The molecule has 0 spiro atoms. The van der Waals surface area contributed by atoms with Crippen LogP contribution in [-0.4, -0.2) is 45.5 Å². The van der Waals surface area contributed by atoms with Crippen molar-refractivity contribution in [2.24, 2.45) is 0 Å². The van der Waals surface area contributed by atoms with Crippen LogP contribution >= 0.6 is 0 Å². The maximum absolute atomic E-state index is 12.1. The summed E-state index contributed by atoms with van der Waals surface area (Å²) in [5.74, 6) is 1.79. The number of methoxy groups -OCH3 is 3. The molecule has 0 amide bonds. The van der Waals surface area contributed by atoms with Gasteiger partial charge in [0.15, 0.2) is 11.5 Å². The normalized spacial score (nSPS) is 13.3. The van der Waals surface area contributed by atoms with Crippen LogP contribution in [0, 0.1) is 6.92 Å². The number of hydrogen-bond donors (Lipinski definition) is 0. The van der Waals surface area contributed by atoms with Crippen molar-refractivity contribution in [1.82, 2.24) is 4.90 Å². The Morgan fingerprint density at radius 2 is 1.85 bits per heavy atom. The van der Waals surface area contributed by atoms with Crippen LogP contribution in [0.5, 0.6) is 17.2 Å². The second-order valence-electron chi connectivity index (χ2n) is 8.31. The zero-order valence-electron chi connectivity index (χ0n) is 19.9. The Balaban J connectivity index is 1.61. The molecule has 8 heteroatoms. The minimum atomic E-state index is -0.392. The predicted molar refractivity (Wildman–Crippen MR) is 127 cm³/mol. The van der Waals surface area contributed by atoms with Crippen molar-refractivity contribution < 1.29 is 28.2 Å². The Morgan fingerprint density at radius 3 is 2.59 bits per heavy atom. The Bertz CT molecular complexity index is 1260. The second-order valence-corrected chi connectivity index (χ2v) is 8.31. The second kappa shape index (κ2) is 10.2. The molecule has 0 fully saturated rings. The number of rotatable bonds is 8. The lowest BCUT2D eigenvalue weighted by Crippen LogP contribution is -2.34. The summed E-state index contributed by atoms with van der Waals surface area (Å²) in [6.07, 6.45) is 1.51. The summed E-state index contributed by atoms with van der Waals surface area (Å²) in [5.41, 5.74) is 3.83. The summed E-state index contributed by atoms with van der Waals surface area (Å²) in [7, 11) is 4.61. The fraction of sp³-hybridized carbons (Fsp3) is 0.385. The first-order chi connectivity index (χ1) is 16.4. The third-order valence-corrected chi connectivity index (χ3v) is 6.13. The molecule has 2 heterocycles. The molecule has 0 aliphatic carbocycles. The van der Waals surface area contributed by atoms with Crippen LogP contribution in [0.2, 0.25) is 0 Å². The van der Waals surface area contributed by atoms with Gasteiger partial charge in [0, 0.05) is 31.0 Å². The van der Waals surface area contributed by atoms with Crippen molar-refractivity contribution in [3.05, 3.63) is 63.0 Å². The summed E-state index contributed by atoms with van der Waals surface area (Å²) in [6.45, 7) is 3.58. The van der Waals surface area contributed by atoms with E-state index in [1.54, 1.807) is 14.2 Å². The van der Waals surface area contributed by atoms with Gasteiger partial charge >= 0.3 is 11.6 Å². The summed E-state index contributed by atoms with van der Waals surface area (Å²) in [6, 6.07) is 9.32. The van der Waals surface area contributed by atoms with Gasteiger partial charge in [0.2, 0.25) is 0 Å². The standard InChI is InChI=1S/C26H29NO7/c1-16-11-24(29)34-26-19(16)13-18(6-8-23(28)32-4)25-20(26)14-27(15-33-25)10-9-17-5-7-21(30-2)22(12-17)31-3/h5,7,11-13H,6,8-10,14-15H2,1-4H3. The van der Waals surface area contributed by atoms with Gasteiger partial charge in [-0.15, -0.1) is 0 Å². The van der Waals surface area contributed by atoms with Crippen molar-refractivity contribution in [2.75, 3.05) is 34.6 Å². The van der Waals surface area contributed by atoms with E-state index < -0.39 is 5.63 Å². The quantitative estimate of drug-likeness (QED) is 0.367. The summed E-state index contributed by atoms with van der Waals surface area (Å²) in [5, 5.41) is 0.851. The molecule has 1 aliphatic heterocycles. The van der Waals surface area contributed by atoms with Gasteiger partial charge in [-0.1, -0.05) is 6.07 Å². The lowest BCUT2D eigenvalue weighted by atomic mass is 9.97. The molecule has 0 bridgehead atoms. The average molecular weight is 468 g/mol. The van der Waals surface area contributed by atoms with E-state index in [0.717, 1.165) is 40.6 Å². The number of nitrogens with zero attached hydrogens (tertiary/aromatic N) is 1. The Labute approximate surface area is 198 Å². The van der Waals surface area contributed by atoms with Crippen molar-refractivity contribution in [2.45, 2.75) is 32.7 Å². The van der Waals surface area contributed by atoms with Gasteiger partial charge in [0.25, 0.3) is 0 Å². The zero-order chi connectivity index (χ0) is 24.2. The summed E-state index contributed by atoms with van der Waals surface area (Å²) in [4.78, 5) is 26.0. The third-order valence-electron chi connectivity index (χ3n) is 6.13. The molecule has 0 saturated carbocycles. The minimum Gasteiger partial charge on any atom is -0.493 e. The fourth-order valence-electron chi connectivity index (χ4n) is 4.30. The molecule has 3 aromatic rings. The van der Waals surface area contributed by atoms with Gasteiger partial charge in [0.05, 0.1) is 26.9 Å². The van der Waals surface area contributed by atoms with Gasteiger partial charge in [-0.25, -0.2) is 4.79 Å². The van der Waals surface area contributed by atoms with E-state index in [1.807, 2.05) is 31.2 Å². The Morgan fingerprint density at radius 1 is 1.06 bits per heavy atom. The van der Waals surface area contributed by atoms with Crippen molar-refractivity contribution in [1.29, 1.82) is 0 Å². The molecule has 2 aromatic carbocycles. The third kappa shape index (κ3) is 4.87. The molecule has 8 nitrogen and oxygen atoms in total. The van der Waals surface area contributed by atoms with Gasteiger partial charge < -0.3 is 23.4 Å². The van der Waals surface area contributed by atoms with Gasteiger partial charge in [-0.2, -0.15) is 0 Å². The molecule has 34 heavy (non-hydrogen) atoms. The molecule has 0 saturated heterocycles. The topological polar surface area (TPSA) is 87.4 Å². The number of carbonyl (C=O) groups is 1. The van der Waals surface area contributed by atoms with E-state index in [4.69, 9.17) is 23.4 Å². The highest BCUT2D eigenvalue weighted by molar-refractivity contribution is 5.86. The average Bonchev–Trinajstić information content (AvgIpc) is 2.85. The summed E-state index contributed by atoms with van der Waals surface area (Å²) < 4.78 is 27.3. The maximum Gasteiger partial charge on any atom is 0.336 e. The van der Waals surface area contributed by atoms with Crippen LogP contribution in [0.15, 0.2) is 39.5 Å². The monoisotopic (exact) mass is 467 g/mol. The van der Waals surface area contributed by atoms with E-state index in [-0.39, 0.29) is 12.4 Å². The smallest absolute Gasteiger partial charge is 0.336 e. The molecular formula is C26H29NO7. The number of carbonyl (C=O) groups excluding carboxylic acids is 1. The molecular weight excluding hydrogens is 438 g/mol. The molecule has 180 valence electrons. The maximum atomic E-state index is 12.1. The number of benzene rings is 2. The highest BCUT2D eigenvalue weighted by Crippen LogP contribution is 2.37. The molecule has 1 aromatic heterocycles. The summed E-state index contributed by atoms with van der Waals surface area (Å²) >= 11 is 0. The van der Waals surface area contributed by atoms with Crippen LogP contribution in [0.4, 0.5) is 0 Å². The number of hydrogen-bond acceptors (Lipinski definition) is 8. The first kappa shape index (κ1) is 23.6. The van der Waals surface area contributed by atoms with E-state index in [1.165, 1.54) is 13.2 Å². The van der Waals surface area contributed by atoms with Crippen LogP contribution in [0.3, 0.4) is 0 Å². The SMILES string of the molecule is COC(=O)CCc1cc2c(C)cc(=O)oc2c2c1OCN(CCc1ccc(OC)c(OC)c1)C2. The highest BCUT2D eigenvalue weighted by atomic mass is 16.5. The van der Waals surface area contributed by atoms with Gasteiger partial charge in [0.1, 0.15) is 18.1 Å². The van der Waals surface area contributed by atoms with Gasteiger partial charge in [-0.05, 0) is 54.7 Å².